The van der Waals surface area contributed by atoms with Crippen LogP contribution in [0, 0.1) is 17.2 Å². The van der Waals surface area contributed by atoms with Gasteiger partial charge in [-0.2, -0.15) is 13.2 Å². The molecule has 2 N–H and O–H groups in total. The van der Waals surface area contributed by atoms with Crippen LogP contribution in [-0.4, -0.2) is 61.0 Å². The Bertz CT molecular complexity index is 933. The minimum atomic E-state index is -5.10. The Morgan fingerprint density at radius 2 is 1.74 bits per heavy atom. The van der Waals surface area contributed by atoms with Gasteiger partial charge >= 0.3 is 12.5 Å². The first-order valence-corrected chi connectivity index (χ1v) is 10.4. The van der Waals surface area contributed by atoms with Gasteiger partial charge in [0.05, 0.1) is 6.54 Å². The Balaban J connectivity index is 1.40. The maximum Gasteiger partial charge on any atom is 0.573 e. The highest BCUT2D eigenvalue weighted by Crippen LogP contribution is 2.51. The molecule has 2 amide bonds. The van der Waals surface area contributed by atoms with Crippen LogP contribution in [0.3, 0.4) is 0 Å². The van der Waals surface area contributed by atoms with Gasteiger partial charge in [0.25, 0.3) is 5.91 Å². The molecule has 0 unspecified atom stereocenters. The molecular formula is C21H24F7N3O3. The van der Waals surface area contributed by atoms with E-state index in [0.717, 1.165) is 32.8 Å². The fourth-order valence-corrected chi connectivity index (χ4v) is 4.43. The fourth-order valence-electron chi connectivity index (χ4n) is 4.43. The molecule has 6 nitrogen and oxygen atoms in total. The monoisotopic (exact) mass is 499 g/mol. The Morgan fingerprint density at radius 3 is 2.29 bits per heavy atom. The predicted octanol–water partition coefficient (Wildman–Crippen LogP) is 3.62. The lowest BCUT2D eigenvalue weighted by atomic mass is 9.57. The molecule has 34 heavy (non-hydrogen) atoms. The zero-order chi connectivity index (χ0) is 25.5. The number of hydrogen-bond acceptors (Lipinski definition) is 4. The van der Waals surface area contributed by atoms with Crippen LogP contribution in [-0.2, 0) is 4.79 Å². The average molecular weight is 499 g/mol. The number of amides is 2. The zero-order valence-corrected chi connectivity index (χ0v) is 18.4. The lowest BCUT2D eigenvalue weighted by Gasteiger charge is -2.59. The molecule has 1 aliphatic carbocycles. The molecule has 0 atom stereocenters. The number of alkyl halides is 6. The molecule has 1 aromatic rings. The first-order valence-electron chi connectivity index (χ1n) is 10.4. The summed E-state index contributed by atoms with van der Waals surface area (Å²) in [6.07, 6.45) is -8.20. The summed E-state index contributed by atoms with van der Waals surface area (Å²) < 4.78 is 92.7. The second-order valence-corrected chi connectivity index (χ2v) is 9.49. The molecule has 13 heteroatoms. The summed E-state index contributed by atoms with van der Waals surface area (Å²) in [6, 6.07) is 2.43. The molecule has 1 heterocycles. The Hall–Kier alpha value is -2.57. The van der Waals surface area contributed by atoms with Crippen LogP contribution in [0.1, 0.15) is 37.0 Å². The number of carbonyl (C=O) groups excluding carboxylic acids is 2. The van der Waals surface area contributed by atoms with E-state index in [1.165, 1.54) is 0 Å². The molecule has 0 radical (unpaired) electrons. The number of hydrogen-bond donors (Lipinski definition) is 2. The maximum atomic E-state index is 13.5. The summed E-state index contributed by atoms with van der Waals surface area (Å²) in [7, 11) is 0. The molecule has 1 aliphatic heterocycles. The van der Waals surface area contributed by atoms with Crippen molar-refractivity contribution < 1.29 is 45.1 Å². The van der Waals surface area contributed by atoms with E-state index in [0.29, 0.717) is 25.2 Å². The van der Waals surface area contributed by atoms with Crippen molar-refractivity contribution in [1.29, 1.82) is 0 Å². The van der Waals surface area contributed by atoms with E-state index in [-0.39, 0.29) is 30.0 Å². The summed E-state index contributed by atoms with van der Waals surface area (Å²) in [5, 5.41) is 4.58. The van der Waals surface area contributed by atoms with Crippen LogP contribution in [0.4, 0.5) is 30.7 Å². The van der Waals surface area contributed by atoms with Crippen LogP contribution in [0.25, 0.3) is 0 Å². The summed E-state index contributed by atoms with van der Waals surface area (Å²) in [6.45, 7) is 3.00. The standard InChI is InChI=1S/C21H24F7N3O3/c1-18(2,20(23,24)25)30-16(32)9-31-10-19(11-31)6-12(7-19)8-29-17(33)13-3-4-14(22)15(5-13)34-21(26,27)28/h3-5,12H,6-11H2,1-2H3,(H,29,33)(H,30,32). The number of benzene rings is 1. The van der Waals surface area contributed by atoms with Crippen LogP contribution in [0.2, 0.25) is 0 Å². The van der Waals surface area contributed by atoms with Gasteiger partial charge in [-0.1, -0.05) is 0 Å². The third-order valence-electron chi connectivity index (χ3n) is 6.06. The Morgan fingerprint density at radius 1 is 1.12 bits per heavy atom. The third kappa shape index (κ3) is 6.10. The molecule has 1 saturated carbocycles. The van der Waals surface area contributed by atoms with Crippen molar-refractivity contribution in [3.63, 3.8) is 0 Å². The van der Waals surface area contributed by atoms with Gasteiger partial charge in [-0.15, -0.1) is 13.2 Å². The molecule has 1 aromatic carbocycles. The van der Waals surface area contributed by atoms with Gasteiger partial charge in [0.1, 0.15) is 5.54 Å². The molecule has 1 saturated heterocycles. The van der Waals surface area contributed by atoms with E-state index in [1.807, 2.05) is 5.32 Å². The van der Waals surface area contributed by atoms with Gasteiger partial charge in [0.2, 0.25) is 5.91 Å². The first kappa shape index (κ1) is 26.0. The molecule has 0 bridgehead atoms. The highest BCUT2D eigenvalue weighted by atomic mass is 19.4. The molecule has 2 aliphatic rings. The van der Waals surface area contributed by atoms with Crippen LogP contribution >= 0.6 is 0 Å². The van der Waals surface area contributed by atoms with E-state index in [4.69, 9.17) is 0 Å². The minimum Gasteiger partial charge on any atom is -0.403 e. The number of rotatable bonds is 7. The lowest BCUT2D eigenvalue weighted by molar-refractivity contribution is -0.275. The van der Waals surface area contributed by atoms with Crippen molar-refractivity contribution in [3.05, 3.63) is 29.6 Å². The zero-order valence-electron chi connectivity index (χ0n) is 18.4. The van der Waals surface area contributed by atoms with Crippen molar-refractivity contribution in [2.45, 2.75) is 44.8 Å². The van der Waals surface area contributed by atoms with E-state index < -0.39 is 41.5 Å². The number of nitrogens with zero attached hydrogens (tertiary/aromatic N) is 1. The van der Waals surface area contributed by atoms with E-state index in [1.54, 1.807) is 4.90 Å². The quantitative estimate of drug-likeness (QED) is 0.563. The van der Waals surface area contributed by atoms with E-state index >= 15 is 0 Å². The second-order valence-electron chi connectivity index (χ2n) is 9.49. The van der Waals surface area contributed by atoms with Crippen LogP contribution < -0.4 is 15.4 Å². The van der Waals surface area contributed by atoms with E-state index in [2.05, 4.69) is 10.1 Å². The van der Waals surface area contributed by atoms with Gasteiger partial charge in [0.15, 0.2) is 11.6 Å². The van der Waals surface area contributed by atoms with Crippen molar-refractivity contribution in [1.82, 2.24) is 15.5 Å². The molecule has 1 spiro atoms. The van der Waals surface area contributed by atoms with Crippen molar-refractivity contribution in [2.24, 2.45) is 11.3 Å². The van der Waals surface area contributed by atoms with Crippen molar-refractivity contribution in [3.8, 4) is 5.75 Å². The minimum absolute atomic E-state index is 0.0567. The lowest BCUT2D eigenvalue weighted by Crippen LogP contribution is -2.65. The molecule has 0 aromatic heterocycles. The number of nitrogens with one attached hydrogen (secondary N) is 2. The van der Waals surface area contributed by atoms with Crippen molar-refractivity contribution >= 4 is 11.8 Å². The number of ether oxygens (including phenoxy) is 1. The topological polar surface area (TPSA) is 70.7 Å². The number of likely N-dealkylation sites (tertiary alicyclic amines) is 1. The van der Waals surface area contributed by atoms with Gasteiger partial charge in [0, 0.05) is 25.2 Å². The van der Waals surface area contributed by atoms with Gasteiger partial charge in [-0.3, -0.25) is 14.5 Å². The maximum absolute atomic E-state index is 13.5. The third-order valence-corrected chi connectivity index (χ3v) is 6.06. The van der Waals surface area contributed by atoms with Gasteiger partial charge < -0.3 is 15.4 Å². The normalized spacial score (nSPS) is 18.7. The summed E-state index contributed by atoms with van der Waals surface area (Å²) in [4.78, 5) is 25.9. The summed E-state index contributed by atoms with van der Waals surface area (Å²) >= 11 is 0. The van der Waals surface area contributed by atoms with E-state index in [9.17, 15) is 40.3 Å². The van der Waals surface area contributed by atoms with Gasteiger partial charge in [-0.25, -0.2) is 4.39 Å². The smallest absolute Gasteiger partial charge is 0.403 e. The second kappa shape index (κ2) is 8.90. The Labute approximate surface area is 190 Å². The average Bonchev–Trinajstić information content (AvgIpc) is 2.60. The Kier molecular flexibility index (Phi) is 6.81. The number of halogens is 7. The molecule has 2 fully saturated rings. The molecule has 190 valence electrons. The number of carbonyl (C=O) groups is 2. The summed E-state index contributed by atoms with van der Waals surface area (Å²) in [5.41, 5.74) is -2.56. The highest BCUT2D eigenvalue weighted by molar-refractivity contribution is 5.94. The predicted molar refractivity (Wildman–Crippen MR) is 105 cm³/mol. The van der Waals surface area contributed by atoms with Crippen LogP contribution in [0.15, 0.2) is 18.2 Å². The van der Waals surface area contributed by atoms with Gasteiger partial charge in [-0.05, 0) is 56.2 Å². The highest BCUT2D eigenvalue weighted by Gasteiger charge is 2.53. The SMILES string of the molecule is CC(C)(NC(=O)CN1CC2(CC(CNC(=O)c3ccc(F)c(OC(F)(F)F)c3)C2)C1)C(F)(F)F. The first-order chi connectivity index (χ1) is 15.5. The largest absolute Gasteiger partial charge is 0.573 e. The van der Waals surface area contributed by atoms with Crippen molar-refractivity contribution in [2.75, 3.05) is 26.2 Å². The fraction of sp³-hybridized carbons (Fsp3) is 0.619. The van der Waals surface area contributed by atoms with Crippen LogP contribution in [0.5, 0.6) is 5.75 Å². The summed E-state index contributed by atoms with van der Waals surface area (Å²) in [5.74, 6) is -3.63. The molecular weight excluding hydrogens is 475 g/mol. The molecule has 3 rings (SSSR count).